The fourth-order valence-corrected chi connectivity index (χ4v) is 1.83. The molecule has 0 unspecified atom stereocenters. The predicted molar refractivity (Wildman–Crippen MR) is 71.1 cm³/mol. The van der Waals surface area contributed by atoms with E-state index in [0.29, 0.717) is 0 Å². The summed E-state index contributed by atoms with van der Waals surface area (Å²) in [4.78, 5) is 2.20. The third-order valence-corrected chi connectivity index (χ3v) is 2.81. The topological polar surface area (TPSA) is 15.3 Å². The van der Waals surface area contributed by atoms with Gasteiger partial charge in [-0.1, -0.05) is 17.7 Å². The van der Waals surface area contributed by atoms with Gasteiger partial charge < -0.3 is 10.2 Å². The molecule has 16 heavy (non-hydrogen) atoms. The quantitative estimate of drug-likeness (QED) is 0.770. The standard InChI is InChI=1S/C13H21ClN2/c1-11-9-13(14)6-5-12(11)10-15-7-4-8-16(2)3/h5-6,9,15H,4,7-8,10H2,1-3H3. The minimum absolute atomic E-state index is 0.814. The lowest BCUT2D eigenvalue weighted by Gasteiger charge is -2.11. The van der Waals surface area contributed by atoms with Gasteiger partial charge in [0.1, 0.15) is 0 Å². The second kappa shape index (κ2) is 6.89. The van der Waals surface area contributed by atoms with Gasteiger partial charge in [-0.25, -0.2) is 0 Å². The Bertz CT molecular complexity index is 324. The van der Waals surface area contributed by atoms with Crippen LogP contribution in [0.5, 0.6) is 0 Å². The van der Waals surface area contributed by atoms with Gasteiger partial charge >= 0.3 is 0 Å². The van der Waals surface area contributed by atoms with E-state index in [1.807, 2.05) is 12.1 Å². The first-order valence-corrected chi connectivity index (χ1v) is 6.08. The van der Waals surface area contributed by atoms with Crippen LogP contribution in [0.15, 0.2) is 18.2 Å². The van der Waals surface area contributed by atoms with Crippen LogP contribution in [0.1, 0.15) is 17.5 Å². The van der Waals surface area contributed by atoms with Crippen LogP contribution < -0.4 is 5.32 Å². The van der Waals surface area contributed by atoms with E-state index in [1.165, 1.54) is 17.5 Å². The van der Waals surface area contributed by atoms with Crippen molar-refractivity contribution in [3.8, 4) is 0 Å². The lowest BCUT2D eigenvalue weighted by Crippen LogP contribution is -2.21. The molecule has 2 nitrogen and oxygen atoms in total. The lowest BCUT2D eigenvalue weighted by molar-refractivity contribution is 0.394. The summed E-state index contributed by atoms with van der Waals surface area (Å²) < 4.78 is 0. The van der Waals surface area contributed by atoms with Crippen molar-refractivity contribution in [2.45, 2.75) is 19.9 Å². The van der Waals surface area contributed by atoms with E-state index in [-0.39, 0.29) is 0 Å². The van der Waals surface area contributed by atoms with Crippen molar-refractivity contribution in [1.82, 2.24) is 10.2 Å². The molecule has 0 heterocycles. The minimum atomic E-state index is 0.814. The SMILES string of the molecule is Cc1cc(Cl)ccc1CNCCCN(C)C. The Kier molecular flexibility index (Phi) is 5.81. The van der Waals surface area contributed by atoms with Crippen LogP contribution in [0.2, 0.25) is 5.02 Å². The van der Waals surface area contributed by atoms with E-state index >= 15 is 0 Å². The number of aryl methyl sites for hydroxylation is 1. The highest BCUT2D eigenvalue weighted by Crippen LogP contribution is 2.14. The molecular formula is C13H21ClN2. The number of rotatable bonds is 6. The molecule has 0 aliphatic rings. The van der Waals surface area contributed by atoms with Crippen LogP contribution in [0.3, 0.4) is 0 Å². The normalized spacial score (nSPS) is 11.1. The van der Waals surface area contributed by atoms with E-state index in [9.17, 15) is 0 Å². The number of nitrogens with zero attached hydrogens (tertiary/aromatic N) is 1. The Hall–Kier alpha value is -0.570. The second-order valence-electron chi connectivity index (χ2n) is 4.40. The van der Waals surface area contributed by atoms with Gasteiger partial charge in [-0.2, -0.15) is 0 Å². The van der Waals surface area contributed by atoms with Crippen LogP contribution in [-0.2, 0) is 6.54 Å². The van der Waals surface area contributed by atoms with Crippen LogP contribution in [0, 0.1) is 6.92 Å². The van der Waals surface area contributed by atoms with E-state index in [0.717, 1.165) is 24.7 Å². The molecule has 0 amide bonds. The molecule has 1 aromatic rings. The van der Waals surface area contributed by atoms with Gasteiger partial charge in [0.15, 0.2) is 0 Å². The van der Waals surface area contributed by atoms with E-state index in [4.69, 9.17) is 11.6 Å². The van der Waals surface area contributed by atoms with Crippen molar-refractivity contribution in [3.05, 3.63) is 34.3 Å². The Morgan fingerprint density at radius 1 is 1.31 bits per heavy atom. The Morgan fingerprint density at radius 2 is 2.06 bits per heavy atom. The van der Waals surface area contributed by atoms with Gasteiger partial charge in [-0.15, -0.1) is 0 Å². The number of halogens is 1. The molecule has 1 aromatic carbocycles. The molecule has 0 fully saturated rings. The highest BCUT2D eigenvalue weighted by Gasteiger charge is 1.98. The molecule has 0 saturated heterocycles. The lowest BCUT2D eigenvalue weighted by atomic mass is 10.1. The first kappa shape index (κ1) is 13.5. The first-order chi connectivity index (χ1) is 7.59. The maximum absolute atomic E-state index is 5.91. The van der Waals surface area contributed by atoms with Crippen LogP contribution >= 0.6 is 11.6 Å². The highest BCUT2D eigenvalue weighted by molar-refractivity contribution is 6.30. The van der Waals surface area contributed by atoms with E-state index in [2.05, 4.69) is 37.3 Å². The molecule has 1 rings (SSSR count). The third-order valence-electron chi connectivity index (χ3n) is 2.58. The van der Waals surface area contributed by atoms with Crippen molar-refractivity contribution >= 4 is 11.6 Å². The number of benzene rings is 1. The average molecular weight is 241 g/mol. The zero-order valence-corrected chi connectivity index (χ0v) is 11.1. The number of hydrogen-bond acceptors (Lipinski definition) is 2. The fourth-order valence-electron chi connectivity index (χ4n) is 1.60. The molecule has 0 radical (unpaired) electrons. The maximum atomic E-state index is 5.91. The van der Waals surface area contributed by atoms with Gasteiger partial charge in [0.25, 0.3) is 0 Å². The maximum Gasteiger partial charge on any atom is 0.0408 e. The minimum Gasteiger partial charge on any atom is -0.313 e. The molecule has 0 aliphatic carbocycles. The van der Waals surface area contributed by atoms with Gasteiger partial charge in [0.2, 0.25) is 0 Å². The molecule has 0 aliphatic heterocycles. The van der Waals surface area contributed by atoms with E-state index in [1.54, 1.807) is 0 Å². The molecule has 0 saturated carbocycles. The zero-order chi connectivity index (χ0) is 12.0. The summed E-state index contributed by atoms with van der Waals surface area (Å²) in [7, 11) is 4.20. The number of nitrogens with one attached hydrogen (secondary N) is 1. The Balaban J connectivity index is 2.27. The summed E-state index contributed by atoms with van der Waals surface area (Å²) in [6.45, 7) is 5.21. The zero-order valence-electron chi connectivity index (χ0n) is 10.4. The van der Waals surface area contributed by atoms with Gasteiger partial charge in [0, 0.05) is 11.6 Å². The van der Waals surface area contributed by atoms with Crippen molar-refractivity contribution in [2.24, 2.45) is 0 Å². The summed E-state index contributed by atoms with van der Waals surface area (Å²) in [5, 5.41) is 4.26. The largest absolute Gasteiger partial charge is 0.313 e. The van der Waals surface area contributed by atoms with Crippen LogP contribution in [0.25, 0.3) is 0 Å². The first-order valence-electron chi connectivity index (χ1n) is 5.70. The monoisotopic (exact) mass is 240 g/mol. The van der Waals surface area contributed by atoms with Gasteiger partial charge in [-0.3, -0.25) is 0 Å². The molecule has 3 heteroatoms. The molecule has 0 atom stereocenters. The number of hydrogen-bond donors (Lipinski definition) is 1. The summed E-state index contributed by atoms with van der Waals surface area (Å²) in [6, 6.07) is 6.06. The molecule has 0 aromatic heterocycles. The molecule has 0 spiro atoms. The second-order valence-corrected chi connectivity index (χ2v) is 4.84. The van der Waals surface area contributed by atoms with Crippen molar-refractivity contribution < 1.29 is 0 Å². The average Bonchev–Trinajstić information content (AvgIpc) is 2.20. The van der Waals surface area contributed by atoms with Crippen molar-refractivity contribution in [2.75, 3.05) is 27.2 Å². The van der Waals surface area contributed by atoms with Crippen molar-refractivity contribution in [1.29, 1.82) is 0 Å². The Labute approximate surface area is 104 Å². The summed E-state index contributed by atoms with van der Waals surface area (Å²) in [5.41, 5.74) is 2.59. The third kappa shape index (κ3) is 4.97. The van der Waals surface area contributed by atoms with E-state index < -0.39 is 0 Å². The molecule has 1 N–H and O–H groups in total. The summed E-state index contributed by atoms with van der Waals surface area (Å²) in [5.74, 6) is 0. The van der Waals surface area contributed by atoms with Crippen LogP contribution in [-0.4, -0.2) is 32.1 Å². The summed E-state index contributed by atoms with van der Waals surface area (Å²) in [6.07, 6.45) is 1.18. The molecule has 90 valence electrons. The smallest absolute Gasteiger partial charge is 0.0408 e. The summed E-state index contributed by atoms with van der Waals surface area (Å²) >= 11 is 5.91. The van der Waals surface area contributed by atoms with Gasteiger partial charge in [0.05, 0.1) is 0 Å². The predicted octanol–water partition coefficient (Wildman–Crippen LogP) is 2.69. The van der Waals surface area contributed by atoms with Crippen molar-refractivity contribution in [3.63, 3.8) is 0 Å². The van der Waals surface area contributed by atoms with Crippen LogP contribution in [0.4, 0.5) is 0 Å². The molecule has 0 bridgehead atoms. The van der Waals surface area contributed by atoms with Gasteiger partial charge in [-0.05, 0) is 63.8 Å². The highest BCUT2D eigenvalue weighted by atomic mass is 35.5. The fraction of sp³-hybridized carbons (Fsp3) is 0.538. The molecular weight excluding hydrogens is 220 g/mol. The Morgan fingerprint density at radius 3 is 2.69 bits per heavy atom.